The molecule has 0 amide bonds. The van der Waals surface area contributed by atoms with Crippen LogP contribution in [-0.2, 0) is 10.5 Å². The molecule has 0 spiro atoms. The number of esters is 1. The van der Waals surface area contributed by atoms with Crippen molar-refractivity contribution in [1.29, 1.82) is 0 Å². The lowest BCUT2D eigenvalue weighted by Crippen LogP contribution is -2.30. The van der Waals surface area contributed by atoms with E-state index in [0.717, 1.165) is 48.5 Å². The number of carbonyl (C=O) groups is 1. The van der Waals surface area contributed by atoms with Gasteiger partial charge in [-0.2, -0.15) is 11.8 Å². The number of rotatable bonds is 8. The lowest BCUT2D eigenvalue weighted by molar-refractivity contribution is 0.0528. The molecule has 2 aromatic carbocycles. The highest BCUT2D eigenvalue weighted by Gasteiger charge is 2.15. The number of aromatic amines is 1. The number of hydrogen-bond acceptors (Lipinski definition) is 4. The number of ether oxygens (including phenoxy) is 1. The summed E-state index contributed by atoms with van der Waals surface area (Å²) in [7, 11) is 0. The quantitative estimate of drug-likeness (QED) is 0.393. The summed E-state index contributed by atoms with van der Waals surface area (Å²) >= 11 is 1.94. The van der Waals surface area contributed by atoms with Crippen molar-refractivity contribution in [3.8, 4) is 0 Å². The third-order valence-electron chi connectivity index (χ3n) is 5.54. The standard InChI is InChI=1S/C25H28N2O2S/c1-2-29-25(28)23-10-6-9-22-21(17-26-24(22)23)18-30-16-15-27-13-11-20(12-14-27)19-7-4-3-5-8-19/h3-11,17,26H,2,12-16,18H2,1H3. The van der Waals surface area contributed by atoms with Gasteiger partial charge in [0.2, 0.25) is 0 Å². The van der Waals surface area contributed by atoms with Gasteiger partial charge in [0.1, 0.15) is 0 Å². The molecule has 0 unspecified atom stereocenters. The molecule has 4 nitrogen and oxygen atoms in total. The fourth-order valence-corrected chi connectivity index (χ4v) is 4.91. The van der Waals surface area contributed by atoms with E-state index in [0.29, 0.717) is 12.2 Å². The molecule has 156 valence electrons. The normalized spacial score (nSPS) is 14.6. The Bertz CT molecular complexity index is 1030. The summed E-state index contributed by atoms with van der Waals surface area (Å²) < 4.78 is 5.17. The van der Waals surface area contributed by atoms with Gasteiger partial charge in [-0.3, -0.25) is 4.90 Å². The van der Waals surface area contributed by atoms with E-state index in [2.05, 4.69) is 52.4 Å². The average molecular weight is 421 g/mol. The van der Waals surface area contributed by atoms with Gasteiger partial charge in [-0.05, 0) is 36.1 Å². The van der Waals surface area contributed by atoms with Gasteiger partial charge in [0, 0.05) is 42.7 Å². The van der Waals surface area contributed by atoms with Crippen molar-refractivity contribution in [2.75, 3.05) is 32.0 Å². The molecule has 1 aliphatic rings. The fourth-order valence-electron chi connectivity index (χ4n) is 3.92. The molecule has 0 saturated heterocycles. The Kier molecular flexibility index (Phi) is 6.92. The number of fused-ring (bicyclic) bond motifs is 1. The minimum absolute atomic E-state index is 0.267. The highest BCUT2D eigenvalue weighted by molar-refractivity contribution is 7.98. The summed E-state index contributed by atoms with van der Waals surface area (Å²) in [5, 5.41) is 1.11. The van der Waals surface area contributed by atoms with Crippen molar-refractivity contribution < 1.29 is 9.53 Å². The highest BCUT2D eigenvalue weighted by atomic mass is 32.2. The summed E-state index contributed by atoms with van der Waals surface area (Å²) in [4.78, 5) is 18.0. The molecule has 30 heavy (non-hydrogen) atoms. The molecule has 0 saturated carbocycles. The number of hydrogen-bond donors (Lipinski definition) is 1. The molecule has 0 aliphatic carbocycles. The predicted octanol–water partition coefficient (Wildman–Crippen LogP) is 5.37. The third kappa shape index (κ3) is 4.79. The Labute approximate surface area is 182 Å². The number of para-hydroxylation sites is 1. The number of nitrogens with one attached hydrogen (secondary N) is 1. The number of benzene rings is 2. The van der Waals surface area contributed by atoms with E-state index >= 15 is 0 Å². The van der Waals surface area contributed by atoms with Crippen molar-refractivity contribution >= 4 is 34.2 Å². The summed E-state index contributed by atoms with van der Waals surface area (Å²) in [5.74, 6) is 1.77. The molecule has 0 fully saturated rings. The van der Waals surface area contributed by atoms with Crippen LogP contribution in [0.25, 0.3) is 16.5 Å². The van der Waals surface area contributed by atoms with E-state index in [4.69, 9.17) is 4.74 Å². The molecule has 0 bridgehead atoms. The van der Waals surface area contributed by atoms with Gasteiger partial charge in [0.05, 0.1) is 17.7 Å². The second-order valence-electron chi connectivity index (χ2n) is 7.46. The monoisotopic (exact) mass is 420 g/mol. The molecule has 4 rings (SSSR count). The lowest BCUT2D eigenvalue weighted by Gasteiger charge is -2.26. The molecule has 1 aliphatic heterocycles. The topological polar surface area (TPSA) is 45.3 Å². The molecular formula is C25H28N2O2S. The van der Waals surface area contributed by atoms with E-state index in [-0.39, 0.29) is 5.97 Å². The summed E-state index contributed by atoms with van der Waals surface area (Å²) in [6.45, 7) is 5.46. The Morgan fingerprint density at radius 2 is 2.03 bits per heavy atom. The first kappa shape index (κ1) is 20.8. The Morgan fingerprint density at radius 1 is 1.17 bits per heavy atom. The SMILES string of the molecule is CCOC(=O)c1cccc2c(CSCCN3CC=C(c4ccccc4)CC3)c[nH]c12. The van der Waals surface area contributed by atoms with Crippen LogP contribution < -0.4 is 0 Å². The van der Waals surface area contributed by atoms with E-state index in [1.54, 1.807) is 0 Å². The first-order valence-electron chi connectivity index (χ1n) is 10.6. The van der Waals surface area contributed by atoms with Crippen LogP contribution in [0.4, 0.5) is 0 Å². The molecule has 5 heteroatoms. The zero-order valence-electron chi connectivity index (χ0n) is 17.4. The molecule has 1 aromatic heterocycles. The van der Waals surface area contributed by atoms with Gasteiger partial charge in [0.25, 0.3) is 0 Å². The van der Waals surface area contributed by atoms with Crippen LogP contribution in [0, 0.1) is 0 Å². The molecule has 0 atom stereocenters. The van der Waals surface area contributed by atoms with Gasteiger partial charge >= 0.3 is 5.97 Å². The van der Waals surface area contributed by atoms with Crippen LogP contribution in [0.15, 0.2) is 60.8 Å². The van der Waals surface area contributed by atoms with Crippen LogP contribution in [0.1, 0.15) is 34.8 Å². The molecule has 0 radical (unpaired) electrons. The summed E-state index contributed by atoms with van der Waals surface area (Å²) in [6, 6.07) is 16.5. The first-order chi connectivity index (χ1) is 14.8. The highest BCUT2D eigenvalue weighted by Crippen LogP contribution is 2.26. The van der Waals surface area contributed by atoms with Crippen molar-refractivity contribution in [3.05, 3.63) is 77.5 Å². The maximum absolute atomic E-state index is 12.2. The number of aromatic nitrogens is 1. The number of carbonyl (C=O) groups excluding carboxylic acids is 1. The van der Waals surface area contributed by atoms with E-state index in [1.165, 1.54) is 16.7 Å². The molecule has 1 N–H and O–H groups in total. The van der Waals surface area contributed by atoms with E-state index < -0.39 is 0 Å². The van der Waals surface area contributed by atoms with Crippen molar-refractivity contribution in [2.45, 2.75) is 19.1 Å². The van der Waals surface area contributed by atoms with Crippen molar-refractivity contribution in [3.63, 3.8) is 0 Å². The Hall–Kier alpha value is -2.50. The molecule has 3 aromatic rings. The second kappa shape index (κ2) is 10.0. The van der Waals surface area contributed by atoms with Crippen LogP contribution >= 0.6 is 11.8 Å². The van der Waals surface area contributed by atoms with Gasteiger partial charge in [-0.1, -0.05) is 48.5 Å². The van der Waals surface area contributed by atoms with E-state index in [9.17, 15) is 4.79 Å². The predicted molar refractivity (Wildman–Crippen MR) is 126 cm³/mol. The van der Waals surface area contributed by atoms with Crippen molar-refractivity contribution in [1.82, 2.24) is 9.88 Å². The lowest BCUT2D eigenvalue weighted by atomic mass is 10.00. The maximum Gasteiger partial charge on any atom is 0.340 e. The summed E-state index contributed by atoms with van der Waals surface area (Å²) in [5.41, 5.74) is 5.55. The zero-order chi connectivity index (χ0) is 20.8. The van der Waals surface area contributed by atoms with Crippen LogP contribution in [0.2, 0.25) is 0 Å². The first-order valence-corrected chi connectivity index (χ1v) is 11.7. The Balaban J connectivity index is 1.28. The van der Waals surface area contributed by atoms with Crippen molar-refractivity contribution in [2.24, 2.45) is 0 Å². The maximum atomic E-state index is 12.2. The zero-order valence-corrected chi connectivity index (χ0v) is 18.2. The summed E-state index contributed by atoms with van der Waals surface area (Å²) in [6.07, 6.45) is 5.52. The third-order valence-corrected chi connectivity index (χ3v) is 6.53. The van der Waals surface area contributed by atoms with Gasteiger partial charge in [-0.15, -0.1) is 0 Å². The largest absolute Gasteiger partial charge is 0.462 e. The van der Waals surface area contributed by atoms with Gasteiger partial charge in [-0.25, -0.2) is 4.79 Å². The fraction of sp³-hybridized carbons (Fsp3) is 0.320. The van der Waals surface area contributed by atoms with Crippen LogP contribution in [0.3, 0.4) is 0 Å². The number of H-pyrrole nitrogens is 1. The smallest absolute Gasteiger partial charge is 0.340 e. The molecular weight excluding hydrogens is 392 g/mol. The second-order valence-corrected chi connectivity index (χ2v) is 8.57. The molecule has 2 heterocycles. The minimum Gasteiger partial charge on any atom is -0.462 e. The van der Waals surface area contributed by atoms with Crippen LogP contribution in [-0.4, -0.2) is 47.8 Å². The average Bonchev–Trinajstić information content (AvgIpc) is 3.21. The minimum atomic E-state index is -0.267. The van der Waals surface area contributed by atoms with Gasteiger partial charge < -0.3 is 9.72 Å². The Morgan fingerprint density at radius 3 is 2.80 bits per heavy atom. The number of nitrogens with zero attached hydrogens (tertiary/aromatic N) is 1. The van der Waals surface area contributed by atoms with Crippen LogP contribution in [0.5, 0.6) is 0 Å². The van der Waals surface area contributed by atoms with Gasteiger partial charge in [0.15, 0.2) is 0 Å². The van der Waals surface area contributed by atoms with E-state index in [1.807, 2.05) is 37.0 Å². The number of thioether (sulfide) groups is 1.